The minimum atomic E-state index is -0.0649. The van der Waals surface area contributed by atoms with E-state index in [1.54, 1.807) is 0 Å². The molecule has 0 atom stereocenters. The van der Waals surface area contributed by atoms with Crippen molar-refractivity contribution in [1.29, 1.82) is 0 Å². The molecule has 9 rings (SSSR count). The summed E-state index contributed by atoms with van der Waals surface area (Å²) in [6, 6.07) is 40.0. The molecule has 0 amide bonds. The highest BCUT2D eigenvalue weighted by molar-refractivity contribution is 6.21. The third kappa shape index (κ3) is 3.36. The number of hydrogen-bond acceptors (Lipinski definition) is 1. The summed E-state index contributed by atoms with van der Waals surface area (Å²) in [7, 11) is 0. The van der Waals surface area contributed by atoms with Gasteiger partial charge in [0.1, 0.15) is 11.2 Å². The van der Waals surface area contributed by atoms with Crippen molar-refractivity contribution < 1.29 is 9.90 Å². The van der Waals surface area contributed by atoms with E-state index < -0.39 is 0 Å². The Kier molecular flexibility index (Phi) is 3.92. The summed E-state index contributed by atoms with van der Waals surface area (Å²) in [6.45, 7) is 0. The van der Waals surface area contributed by atoms with Crippen LogP contribution in [0.15, 0.2) is 150 Å². The van der Waals surface area contributed by atoms with Gasteiger partial charge in [-0.3, -0.25) is 0 Å². The monoisotopic (exact) mass is 524 g/mol. The average Bonchev–Trinajstić information content (AvgIpc) is 3.46. The summed E-state index contributed by atoms with van der Waals surface area (Å²) >= 11 is 0. The molecule has 1 heterocycles. The Hall–Kier alpha value is -5.40. The molecule has 0 aliphatic carbocycles. The molecule has 0 aliphatic heterocycles. The Morgan fingerprint density at radius 2 is 1.02 bits per heavy atom. The van der Waals surface area contributed by atoms with Crippen LogP contribution in [0, 0.1) is 0 Å². The molecular weight excluding hydrogens is 496 g/mol. The first-order chi connectivity index (χ1) is 22.0. The minimum Gasteiger partial charge on any atom is -0.456 e. The number of furan rings is 1. The lowest BCUT2D eigenvalue weighted by atomic mass is 9.89. The van der Waals surface area contributed by atoms with Gasteiger partial charge in [-0.05, 0) is 89.6 Å². The fraction of sp³-hybridized carbons (Fsp3) is 0. The lowest BCUT2D eigenvalue weighted by Crippen LogP contribution is -1.87. The van der Waals surface area contributed by atoms with Gasteiger partial charge in [-0.1, -0.05) is 121 Å². The number of hydrogen-bond donors (Lipinski definition) is 0. The molecule has 0 saturated carbocycles. The number of benzene rings is 8. The van der Waals surface area contributed by atoms with Crippen LogP contribution in [0.1, 0.15) is 5.48 Å². The maximum Gasteiger partial charge on any atom is 0.136 e. The van der Waals surface area contributed by atoms with E-state index in [1.165, 1.54) is 0 Å². The third-order valence-corrected chi connectivity index (χ3v) is 8.29. The van der Waals surface area contributed by atoms with Crippen LogP contribution in [-0.2, 0) is 0 Å². The zero-order valence-corrected chi connectivity index (χ0v) is 22.0. The summed E-state index contributed by atoms with van der Waals surface area (Å²) in [4.78, 5) is 0. The normalized spacial score (nSPS) is 13.3. The van der Waals surface area contributed by atoms with Gasteiger partial charge in [0.05, 0.1) is 5.48 Å². The van der Waals surface area contributed by atoms with Crippen LogP contribution in [0.4, 0.5) is 0 Å². The molecular formula is C40H24O. The minimum absolute atomic E-state index is 0.0561. The molecule has 1 nitrogen and oxygen atoms in total. The molecule has 1 heteroatoms. The van der Waals surface area contributed by atoms with Crippen molar-refractivity contribution in [3.05, 3.63) is 145 Å². The maximum absolute atomic E-state index is 9.34. The van der Waals surface area contributed by atoms with E-state index in [2.05, 4.69) is 36.4 Å². The van der Waals surface area contributed by atoms with Crippen molar-refractivity contribution in [3.63, 3.8) is 0 Å². The molecule has 0 unspecified atom stereocenters. The van der Waals surface area contributed by atoms with Crippen LogP contribution in [0.5, 0.6) is 0 Å². The van der Waals surface area contributed by atoms with E-state index in [1.807, 2.05) is 84.9 Å². The summed E-state index contributed by atoms with van der Waals surface area (Å²) < 4.78 is 43.4. The van der Waals surface area contributed by atoms with E-state index >= 15 is 0 Å². The second-order valence-corrected chi connectivity index (χ2v) is 10.6. The number of fused-ring (bicyclic) bond motifs is 9. The predicted molar refractivity (Wildman–Crippen MR) is 175 cm³/mol. The molecule has 8 aromatic carbocycles. The van der Waals surface area contributed by atoms with Crippen molar-refractivity contribution in [2.75, 3.05) is 0 Å². The summed E-state index contributed by atoms with van der Waals surface area (Å²) in [5.74, 6) is 0. The van der Waals surface area contributed by atoms with Crippen LogP contribution in [0.25, 0.3) is 87.3 Å². The van der Waals surface area contributed by atoms with Crippen LogP contribution in [0.3, 0.4) is 0 Å². The van der Waals surface area contributed by atoms with Crippen LogP contribution >= 0.6 is 0 Å². The molecule has 0 spiro atoms. The van der Waals surface area contributed by atoms with Crippen LogP contribution in [-0.4, -0.2) is 0 Å². The van der Waals surface area contributed by atoms with E-state index in [9.17, 15) is 5.48 Å². The van der Waals surface area contributed by atoms with Gasteiger partial charge in [0, 0.05) is 10.8 Å². The summed E-state index contributed by atoms with van der Waals surface area (Å²) in [5, 5.41) is 10.0. The Labute approximate surface area is 242 Å². The Balaban J connectivity index is 1.34. The molecule has 0 radical (unpaired) electrons. The van der Waals surface area contributed by atoms with Gasteiger partial charge in [0.25, 0.3) is 0 Å². The van der Waals surface area contributed by atoms with Gasteiger partial charge in [0.15, 0.2) is 0 Å². The first-order valence-electron chi connectivity index (χ1n) is 15.8. The molecule has 0 N–H and O–H groups in total. The Morgan fingerprint density at radius 1 is 0.390 bits per heavy atom. The van der Waals surface area contributed by atoms with Gasteiger partial charge >= 0.3 is 0 Å². The van der Waals surface area contributed by atoms with Gasteiger partial charge in [-0.25, -0.2) is 0 Å². The molecule has 9 aromatic rings. The van der Waals surface area contributed by atoms with Crippen molar-refractivity contribution in [3.8, 4) is 22.3 Å². The van der Waals surface area contributed by atoms with Gasteiger partial charge in [-0.15, -0.1) is 0 Å². The fourth-order valence-corrected chi connectivity index (χ4v) is 6.37. The zero-order chi connectivity index (χ0) is 30.4. The maximum atomic E-state index is 9.34. The quantitative estimate of drug-likeness (QED) is 0.162. The molecule has 1 aromatic heterocycles. The predicted octanol–water partition coefficient (Wildman–Crippen LogP) is 11.5. The second kappa shape index (κ2) is 8.55. The largest absolute Gasteiger partial charge is 0.456 e. The first kappa shape index (κ1) is 18.8. The highest BCUT2D eigenvalue weighted by Crippen LogP contribution is 2.41. The smallest absolute Gasteiger partial charge is 0.136 e. The van der Waals surface area contributed by atoms with Crippen LogP contribution in [0.2, 0.25) is 0 Å². The fourth-order valence-electron chi connectivity index (χ4n) is 6.37. The van der Waals surface area contributed by atoms with Crippen LogP contribution < -0.4 is 0 Å². The highest BCUT2D eigenvalue weighted by atomic mass is 16.3. The highest BCUT2D eigenvalue weighted by Gasteiger charge is 2.14. The molecule has 0 saturated heterocycles. The van der Waals surface area contributed by atoms with Gasteiger partial charge in [0.2, 0.25) is 0 Å². The zero-order valence-electron chi connectivity index (χ0n) is 26.0. The number of rotatable bonds is 2. The molecule has 0 fully saturated rings. The Bertz CT molecular complexity index is 2680. The van der Waals surface area contributed by atoms with Crippen molar-refractivity contribution in [2.45, 2.75) is 0 Å². The standard InChI is InChI=1S/C40H24O/c1-4-10-31-26(7-1)17-20-34-35(31)24-30-9-3-6-12-33(30)39(34)28-15-13-25(14-16-28)29-19-21-37-36(23-29)40-32-11-5-2-8-27(32)18-22-38(40)41-37/h1-24H/i13D,14D,15D,16D. The molecule has 41 heavy (non-hydrogen) atoms. The van der Waals surface area contributed by atoms with E-state index in [0.717, 1.165) is 65.0 Å². The van der Waals surface area contributed by atoms with Crippen molar-refractivity contribution in [1.82, 2.24) is 0 Å². The van der Waals surface area contributed by atoms with E-state index in [-0.39, 0.29) is 29.7 Å². The summed E-state index contributed by atoms with van der Waals surface area (Å²) in [6.07, 6.45) is 0. The van der Waals surface area contributed by atoms with E-state index in [4.69, 9.17) is 4.42 Å². The molecule has 0 aliphatic rings. The first-order valence-corrected chi connectivity index (χ1v) is 13.8. The lowest BCUT2D eigenvalue weighted by molar-refractivity contribution is 0.669. The lowest BCUT2D eigenvalue weighted by Gasteiger charge is -2.14. The molecule has 190 valence electrons. The average molecular weight is 525 g/mol. The van der Waals surface area contributed by atoms with Gasteiger partial charge < -0.3 is 4.42 Å². The SMILES string of the molecule is [2H]c1c([2H])c(-c2c3ccccc3cc3c2ccc2ccccc23)c([2H])c([2H])c1-c1ccc2oc3ccc4ccccc4c3c2c1. The molecule has 0 bridgehead atoms. The van der Waals surface area contributed by atoms with Crippen molar-refractivity contribution >= 4 is 65.0 Å². The summed E-state index contributed by atoms with van der Waals surface area (Å²) in [5.41, 5.74) is 3.42. The topological polar surface area (TPSA) is 13.1 Å². The van der Waals surface area contributed by atoms with Crippen molar-refractivity contribution in [2.24, 2.45) is 0 Å². The third-order valence-electron chi connectivity index (χ3n) is 8.29. The van der Waals surface area contributed by atoms with Gasteiger partial charge in [-0.2, -0.15) is 0 Å². The second-order valence-electron chi connectivity index (χ2n) is 10.6. The van der Waals surface area contributed by atoms with E-state index in [0.29, 0.717) is 16.7 Å². The Morgan fingerprint density at radius 3 is 1.85 bits per heavy atom.